The highest BCUT2D eigenvalue weighted by molar-refractivity contribution is 7.14. The van der Waals surface area contributed by atoms with E-state index in [0.29, 0.717) is 31.1 Å². The summed E-state index contributed by atoms with van der Waals surface area (Å²) >= 11 is 1.22. The molecule has 0 aliphatic carbocycles. The van der Waals surface area contributed by atoms with Gasteiger partial charge in [-0.3, -0.25) is 9.36 Å². The second-order valence-corrected chi connectivity index (χ2v) is 7.57. The monoisotopic (exact) mass is 427 g/mol. The fourth-order valence-corrected chi connectivity index (χ4v) is 3.94. The van der Waals surface area contributed by atoms with Crippen molar-refractivity contribution < 1.29 is 14.3 Å². The molecule has 10 nitrogen and oxygen atoms in total. The Morgan fingerprint density at radius 1 is 1.27 bits per heavy atom. The van der Waals surface area contributed by atoms with Crippen LogP contribution in [0.15, 0.2) is 36.5 Å². The minimum Gasteiger partial charge on any atom is -0.461 e. The van der Waals surface area contributed by atoms with E-state index in [1.165, 1.54) is 17.7 Å². The number of esters is 1. The van der Waals surface area contributed by atoms with Crippen molar-refractivity contribution in [3.05, 3.63) is 42.2 Å². The molecule has 0 spiro atoms. The van der Waals surface area contributed by atoms with Gasteiger partial charge in [0.2, 0.25) is 5.91 Å². The summed E-state index contributed by atoms with van der Waals surface area (Å²) in [6.07, 6.45) is 8.15. The molecule has 11 heteroatoms. The Morgan fingerprint density at radius 3 is 2.80 bits per heavy atom. The maximum atomic E-state index is 12.6. The van der Waals surface area contributed by atoms with Crippen molar-refractivity contribution in [1.82, 2.24) is 24.5 Å². The standard InChI is InChI=1S/C19H21N7O3S/c1-2-29-18(28)14-10-30-19(23-14)24-17(27)13-3-6-25(7-4-13)15-9-16(22-11-21-15)26-8-5-20-12-26/h5,8-13H,2-4,6-7H2,1H3,(H,23,24,27). The third kappa shape index (κ3) is 4.46. The number of rotatable bonds is 6. The summed E-state index contributed by atoms with van der Waals surface area (Å²) in [5.41, 5.74) is 0.212. The molecule has 1 fully saturated rings. The van der Waals surface area contributed by atoms with Crippen molar-refractivity contribution in [2.45, 2.75) is 19.8 Å². The van der Waals surface area contributed by atoms with Crippen LogP contribution in [0.2, 0.25) is 0 Å². The fourth-order valence-electron chi connectivity index (χ4n) is 3.25. The predicted molar refractivity (Wildman–Crippen MR) is 111 cm³/mol. The van der Waals surface area contributed by atoms with Gasteiger partial charge in [-0.2, -0.15) is 0 Å². The molecule has 156 valence electrons. The van der Waals surface area contributed by atoms with Crippen molar-refractivity contribution in [1.29, 1.82) is 0 Å². The Bertz CT molecular complexity index is 1010. The van der Waals surface area contributed by atoms with E-state index in [9.17, 15) is 9.59 Å². The van der Waals surface area contributed by atoms with E-state index in [4.69, 9.17) is 4.74 Å². The number of piperidine rings is 1. The van der Waals surface area contributed by atoms with E-state index in [0.717, 1.165) is 11.6 Å². The molecule has 1 amide bonds. The zero-order valence-electron chi connectivity index (χ0n) is 16.4. The number of thiazole rings is 1. The van der Waals surface area contributed by atoms with Gasteiger partial charge in [0.05, 0.1) is 6.61 Å². The minimum atomic E-state index is -0.484. The van der Waals surface area contributed by atoms with Crippen LogP contribution >= 0.6 is 11.3 Å². The molecule has 30 heavy (non-hydrogen) atoms. The molecule has 1 N–H and O–H groups in total. The summed E-state index contributed by atoms with van der Waals surface area (Å²) in [4.78, 5) is 43.3. The molecule has 3 aromatic rings. The molecular weight excluding hydrogens is 406 g/mol. The Morgan fingerprint density at radius 2 is 2.07 bits per heavy atom. The summed E-state index contributed by atoms with van der Waals surface area (Å²) in [5.74, 6) is 0.889. The maximum Gasteiger partial charge on any atom is 0.357 e. The lowest BCUT2D eigenvalue weighted by Crippen LogP contribution is -2.38. The van der Waals surface area contributed by atoms with Crippen molar-refractivity contribution in [2.75, 3.05) is 29.9 Å². The van der Waals surface area contributed by atoms with Gasteiger partial charge in [-0.05, 0) is 19.8 Å². The molecule has 1 saturated heterocycles. The number of carbonyl (C=O) groups excluding carboxylic acids is 2. The molecule has 0 bridgehead atoms. The molecule has 1 aliphatic rings. The van der Waals surface area contributed by atoms with Gasteiger partial charge in [-0.1, -0.05) is 0 Å². The average molecular weight is 427 g/mol. The van der Waals surface area contributed by atoms with Gasteiger partial charge in [0, 0.05) is 42.8 Å². The molecule has 3 aromatic heterocycles. The molecule has 1 aliphatic heterocycles. The molecule has 4 rings (SSSR count). The van der Waals surface area contributed by atoms with Crippen LogP contribution in [-0.4, -0.2) is 56.1 Å². The first-order valence-corrected chi connectivity index (χ1v) is 10.5. The number of carbonyl (C=O) groups is 2. The third-order valence-electron chi connectivity index (χ3n) is 4.82. The highest BCUT2D eigenvalue weighted by Gasteiger charge is 2.26. The Balaban J connectivity index is 1.33. The first kappa shape index (κ1) is 20.0. The maximum absolute atomic E-state index is 12.6. The normalized spacial score (nSPS) is 14.5. The second kappa shape index (κ2) is 8.99. The van der Waals surface area contributed by atoms with E-state index < -0.39 is 5.97 Å². The lowest BCUT2D eigenvalue weighted by Gasteiger charge is -2.32. The van der Waals surface area contributed by atoms with Crippen LogP contribution < -0.4 is 10.2 Å². The van der Waals surface area contributed by atoms with Crippen LogP contribution in [0.1, 0.15) is 30.3 Å². The molecule has 0 atom stereocenters. The number of anilines is 2. The van der Waals surface area contributed by atoms with Crippen molar-refractivity contribution in [3.8, 4) is 5.82 Å². The van der Waals surface area contributed by atoms with Gasteiger partial charge in [0.15, 0.2) is 10.8 Å². The number of hydrogen-bond acceptors (Lipinski definition) is 9. The Kier molecular flexibility index (Phi) is 5.98. The first-order valence-electron chi connectivity index (χ1n) is 9.63. The molecule has 4 heterocycles. The van der Waals surface area contributed by atoms with Gasteiger partial charge in [-0.15, -0.1) is 11.3 Å². The number of ether oxygens (including phenoxy) is 1. The lowest BCUT2D eigenvalue weighted by molar-refractivity contribution is -0.120. The molecular formula is C19H21N7O3S. The number of hydrogen-bond donors (Lipinski definition) is 1. The molecule has 0 radical (unpaired) electrons. The number of nitrogens with zero attached hydrogens (tertiary/aromatic N) is 6. The van der Waals surface area contributed by atoms with Crippen molar-refractivity contribution in [2.24, 2.45) is 5.92 Å². The number of imidazole rings is 1. The van der Waals surface area contributed by atoms with Crippen LogP contribution in [0.4, 0.5) is 10.9 Å². The highest BCUT2D eigenvalue weighted by Crippen LogP contribution is 2.25. The summed E-state index contributed by atoms with van der Waals surface area (Å²) in [7, 11) is 0. The van der Waals surface area contributed by atoms with E-state index in [2.05, 4.69) is 30.2 Å². The summed E-state index contributed by atoms with van der Waals surface area (Å²) < 4.78 is 6.74. The van der Waals surface area contributed by atoms with Crippen LogP contribution in [0.5, 0.6) is 0 Å². The van der Waals surface area contributed by atoms with Crippen LogP contribution in [0.25, 0.3) is 5.82 Å². The van der Waals surface area contributed by atoms with Crippen molar-refractivity contribution in [3.63, 3.8) is 0 Å². The zero-order valence-corrected chi connectivity index (χ0v) is 17.2. The quantitative estimate of drug-likeness (QED) is 0.595. The van der Waals surface area contributed by atoms with Crippen LogP contribution in [0.3, 0.4) is 0 Å². The smallest absolute Gasteiger partial charge is 0.357 e. The van der Waals surface area contributed by atoms with Gasteiger partial charge in [0.1, 0.15) is 24.3 Å². The fraction of sp³-hybridized carbons (Fsp3) is 0.368. The molecule has 0 saturated carbocycles. The first-order chi connectivity index (χ1) is 14.6. The van der Waals surface area contributed by atoms with E-state index in [1.54, 1.807) is 24.8 Å². The summed E-state index contributed by atoms with van der Waals surface area (Å²) in [5, 5.41) is 4.81. The van der Waals surface area contributed by atoms with E-state index in [-0.39, 0.29) is 24.1 Å². The second-order valence-electron chi connectivity index (χ2n) is 6.71. The summed E-state index contributed by atoms with van der Waals surface area (Å²) in [6.45, 7) is 3.45. The number of aromatic nitrogens is 5. The van der Waals surface area contributed by atoms with Crippen molar-refractivity contribution >= 4 is 34.2 Å². The Labute approximate surface area is 177 Å². The predicted octanol–water partition coefficient (Wildman–Crippen LogP) is 2.15. The van der Waals surface area contributed by atoms with Gasteiger partial charge >= 0.3 is 5.97 Å². The SMILES string of the molecule is CCOC(=O)c1csc(NC(=O)C2CCN(c3cc(-n4ccnc4)ncn3)CC2)n1. The van der Waals surface area contributed by atoms with Gasteiger partial charge < -0.3 is 15.0 Å². The lowest BCUT2D eigenvalue weighted by atomic mass is 9.96. The third-order valence-corrected chi connectivity index (χ3v) is 5.57. The minimum absolute atomic E-state index is 0.0822. The largest absolute Gasteiger partial charge is 0.461 e. The topological polar surface area (TPSA) is 115 Å². The van der Waals surface area contributed by atoms with Crippen LogP contribution in [0, 0.1) is 5.92 Å². The summed E-state index contributed by atoms with van der Waals surface area (Å²) in [6, 6.07) is 1.91. The highest BCUT2D eigenvalue weighted by atomic mass is 32.1. The van der Waals surface area contributed by atoms with Gasteiger partial charge in [-0.25, -0.2) is 24.7 Å². The van der Waals surface area contributed by atoms with E-state index in [1.807, 2.05) is 16.8 Å². The van der Waals surface area contributed by atoms with E-state index >= 15 is 0 Å². The zero-order chi connectivity index (χ0) is 20.9. The molecule has 0 aromatic carbocycles. The number of nitrogens with one attached hydrogen (secondary N) is 1. The Hall–Kier alpha value is -3.34. The number of amides is 1. The average Bonchev–Trinajstić information content (AvgIpc) is 3.47. The van der Waals surface area contributed by atoms with Crippen LogP contribution in [-0.2, 0) is 9.53 Å². The van der Waals surface area contributed by atoms with Gasteiger partial charge in [0.25, 0.3) is 0 Å². The molecule has 0 unspecified atom stereocenters.